The summed E-state index contributed by atoms with van der Waals surface area (Å²) in [6.45, 7) is 0. The molecule has 0 saturated carbocycles. The van der Waals surface area contributed by atoms with Crippen LogP contribution in [0.15, 0.2) is 28.7 Å². The molecule has 0 aliphatic rings. The van der Waals surface area contributed by atoms with Gasteiger partial charge in [-0.3, -0.25) is 0 Å². The highest BCUT2D eigenvalue weighted by Gasteiger charge is 2.90. The first-order chi connectivity index (χ1) is 12.2. The Morgan fingerprint density at radius 2 is 1.11 bits per heavy atom. The Morgan fingerprint density at radius 3 is 1.54 bits per heavy atom. The Balaban J connectivity index is 3.25. The van der Waals surface area contributed by atoms with E-state index in [4.69, 9.17) is 0 Å². The number of aryl methyl sites for hydroxylation is 1. The van der Waals surface area contributed by atoms with Crippen molar-refractivity contribution in [2.24, 2.45) is 0 Å². The monoisotopic (exact) mass is 502 g/mol. The number of hydrogen-bond donors (Lipinski definition) is 0. The molecule has 0 aromatic heterocycles. The van der Waals surface area contributed by atoms with Crippen molar-refractivity contribution in [1.29, 1.82) is 0 Å². The van der Waals surface area contributed by atoms with Gasteiger partial charge in [-0.1, -0.05) is 28.1 Å². The van der Waals surface area contributed by atoms with E-state index in [1.54, 1.807) is 0 Å². The van der Waals surface area contributed by atoms with Gasteiger partial charge in [-0.15, -0.1) is 0 Å². The van der Waals surface area contributed by atoms with Crippen LogP contribution >= 0.6 is 15.9 Å². The largest absolute Gasteiger partial charge is 0.460 e. The Labute approximate surface area is 156 Å². The fourth-order valence-corrected chi connectivity index (χ4v) is 2.40. The first-order valence-electron chi connectivity index (χ1n) is 6.92. The third-order valence-electron chi connectivity index (χ3n) is 3.62. The highest BCUT2D eigenvalue weighted by Crippen LogP contribution is 2.60. The maximum Gasteiger partial charge on any atom is 0.460 e. The van der Waals surface area contributed by atoms with E-state index in [2.05, 4.69) is 15.9 Å². The SMILES string of the molecule is FC(F)(F)C(F)(F)C(F)(F)C(F)(F)C(F)(F)C(F)(F)CCc1cccc(Br)c1. The Morgan fingerprint density at radius 1 is 0.643 bits per heavy atom. The summed E-state index contributed by atoms with van der Waals surface area (Å²) in [5, 5.41) is 0. The van der Waals surface area contributed by atoms with Gasteiger partial charge in [0.15, 0.2) is 0 Å². The van der Waals surface area contributed by atoms with Crippen LogP contribution in [-0.4, -0.2) is 35.8 Å². The number of rotatable bonds is 7. The molecule has 14 heteroatoms. The van der Waals surface area contributed by atoms with Crippen molar-refractivity contribution in [3.05, 3.63) is 34.3 Å². The molecule has 0 atom stereocenters. The summed E-state index contributed by atoms with van der Waals surface area (Å²) < 4.78 is 168. The third kappa shape index (κ3) is 3.92. The minimum atomic E-state index is -7.86. The summed E-state index contributed by atoms with van der Waals surface area (Å²) in [5.74, 6) is -36.6. The van der Waals surface area contributed by atoms with Gasteiger partial charge in [0.05, 0.1) is 0 Å². The fraction of sp³-hybridized carbons (Fsp3) is 0.571. The molecule has 0 aliphatic heterocycles. The van der Waals surface area contributed by atoms with E-state index in [1.807, 2.05) is 0 Å². The van der Waals surface area contributed by atoms with Crippen LogP contribution < -0.4 is 0 Å². The smallest absolute Gasteiger partial charge is 0.200 e. The zero-order valence-electron chi connectivity index (χ0n) is 13.0. The highest BCUT2D eigenvalue weighted by atomic mass is 79.9. The minimum Gasteiger partial charge on any atom is -0.200 e. The van der Waals surface area contributed by atoms with Crippen LogP contribution in [0.5, 0.6) is 0 Å². The standard InChI is InChI=1S/C14H8BrF13/c15-8-3-1-2-7(6-8)4-5-9(16,17)10(18,19)11(20,21)12(22,23)13(24,25)14(26,27)28/h1-3,6H,4-5H2. The van der Waals surface area contributed by atoms with E-state index in [1.165, 1.54) is 12.1 Å². The lowest BCUT2D eigenvalue weighted by Crippen LogP contribution is -2.70. The zero-order valence-corrected chi connectivity index (χ0v) is 14.6. The molecule has 0 radical (unpaired) electrons. The predicted molar refractivity (Wildman–Crippen MR) is 73.3 cm³/mol. The molecule has 1 aromatic rings. The summed E-state index contributed by atoms with van der Waals surface area (Å²) >= 11 is 2.88. The minimum absolute atomic E-state index is 0.152. The van der Waals surface area contributed by atoms with E-state index in [-0.39, 0.29) is 10.0 Å². The van der Waals surface area contributed by atoms with Crippen molar-refractivity contribution in [3.8, 4) is 0 Å². The number of halogens is 14. The topological polar surface area (TPSA) is 0 Å². The van der Waals surface area contributed by atoms with E-state index in [0.29, 0.717) is 0 Å². The predicted octanol–water partition coefficient (Wildman–Crippen LogP) is 7.12. The Bertz CT molecular complexity index is 693. The Kier molecular flexibility index (Phi) is 6.42. The first-order valence-corrected chi connectivity index (χ1v) is 7.72. The molecule has 28 heavy (non-hydrogen) atoms. The number of benzene rings is 1. The van der Waals surface area contributed by atoms with Crippen molar-refractivity contribution < 1.29 is 57.1 Å². The molecule has 1 rings (SSSR count). The lowest BCUT2D eigenvalue weighted by Gasteiger charge is -2.39. The Hall–Kier alpha value is -1.21. The van der Waals surface area contributed by atoms with Gasteiger partial charge < -0.3 is 0 Å². The van der Waals surface area contributed by atoms with Crippen LogP contribution in [-0.2, 0) is 6.42 Å². The number of alkyl halides is 13. The molecule has 0 saturated heterocycles. The fourth-order valence-electron chi connectivity index (χ4n) is 1.95. The van der Waals surface area contributed by atoms with Gasteiger partial charge in [0.25, 0.3) is 0 Å². The summed E-state index contributed by atoms with van der Waals surface area (Å²) in [5.41, 5.74) is -0.152. The van der Waals surface area contributed by atoms with Gasteiger partial charge in [0, 0.05) is 10.9 Å². The third-order valence-corrected chi connectivity index (χ3v) is 4.11. The molecule has 0 amide bonds. The highest BCUT2D eigenvalue weighted by molar-refractivity contribution is 9.10. The zero-order chi connectivity index (χ0) is 22.4. The van der Waals surface area contributed by atoms with E-state index in [0.717, 1.165) is 12.1 Å². The van der Waals surface area contributed by atoms with Gasteiger partial charge in [-0.2, -0.15) is 57.1 Å². The van der Waals surface area contributed by atoms with Crippen LogP contribution in [0.25, 0.3) is 0 Å². The van der Waals surface area contributed by atoms with Crippen molar-refractivity contribution in [2.45, 2.75) is 48.6 Å². The van der Waals surface area contributed by atoms with Crippen molar-refractivity contribution in [3.63, 3.8) is 0 Å². The molecule has 0 bridgehead atoms. The molecule has 1 aromatic carbocycles. The van der Waals surface area contributed by atoms with Crippen LogP contribution in [0.1, 0.15) is 12.0 Å². The van der Waals surface area contributed by atoms with Crippen LogP contribution in [0.2, 0.25) is 0 Å². The lowest BCUT2D eigenvalue weighted by atomic mass is 9.91. The second-order valence-corrected chi connectivity index (χ2v) is 6.55. The van der Waals surface area contributed by atoms with Crippen molar-refractivity contribution >= 4 is 15.9 Å². The van der Waals surface area contributed by atoms with E-state index < -0.39 is 48.6 Å². The molecule has 0 nitrogen and oxygen atoms in total. The summed E-state index contributed by atoms with van der Waals surface area (Å²) in [4.78, 5) is 0. The van der Waals surface area contributed by atoms with Gasteiger partial charge in [0.1, 0.15) is 0 Å². The normalized spacial score (nSPS) is 15.1. The quantitative estimate of drug-likeness (QED) is 0.348. The molecular formula is C14H8BrF13. The summed E-state index contributed by atoms with van der Waals surface area (Å²) in [6, 6.07) is 4.74. The first kappa shape index (κ1) is 24.8. The van der Waals surface area contributed by atoms with Crippen LogP contribution in [0.3, 0.4) is 0 Å². The molecule has 0 spiro atoms. The number of hydrogen-bond acceptors (Lipinski definition) is 0. The van der Waals surface area contributed by atoms with Crippen LogP contribution in [0.4, 0.5) is 57.1 Å². The molecule has 0 aliphatic carbocycles. The van der Waals surface area contributed by atoms with Gasteiger partial charge >= 0.3 is 35.8 Å². The van der Waals surface area contributed by atoms with Gasteiger partial charge in [0.2, 0.25) is 0 Å². The lowest BCUT2D eigenvalue weighted by molar-refractivity contribution is -0.440. The molecule has 0 unspecified atom stereocenters. The van der Waals surface area contributed by atoms with Crippen molar-refractivity contribution in [1.82, 2.24) is 0 Å². The summed E-state index contributed by atoms with van der Waals surface area (Å²) in [6.07, 6.45) is -10.7. The molecular weight excluding hydrogens is 495 g/mol. The maximum atomic E-state index is 13.6. The van der Waals surface area contributed by atoms with Gasteiger partial charge in [-0.05, 0) is 24.1 Å². The van der Waals surface area contributed by atoms with E-state index >= 15 is 0 Å². The molecule has 0 heterocycles. The molecule has 0 fully saturated rings. The van der Waals surface area contributed by atoms with E-state index in [9.17, 15) is 57.1 Å². The second-order valence-electron chi connectivity index (χ2n) is 5.63. The maximum absolute atomic E-state index is 13.6. The molecule has 0 N–H and O–H groups in total. The second kappa shape index (κ2) is 7.24. The molecule has 162 valence electrons. The van der Waals surface area contributed by atoms with Crippen molar-refractivity contribution in [2.75, 3.05) is 0 Å². The summed E-state index contributed by atoms with van der Waals surface area (Å²) in [7, 11) is 0. The van der Waals surface area contributed by atoms with Crippen LogP contribution in [0, 0.1) is 0 Å². The van der Waals surface area contributed by atoms with Gasteiger partial charge in [-0.25, -0.2) is 0 Å². The average Bonchev–Trinajstić information content (AvgIpc) is 2.51. The average molecular weight is 503 g/mol.